The molecular weight excluding hydrogens is 586 g/mol. The summed E-state index contributed by atoms with van der Waals surface area (Å²) >= 11 is 2.36. The monoisotopic (exact) mass is 612 g/mol. The molecule has 3 aliphatic rings. The highest BCUT2D eigenvalue weighted by molar-refractivity contribution is 14.2. The largest absolute Gasteiger partial charge is 0.485 e. The molecule has 2 N–H and O–H groups in total. The van der Waals surface area contributed by atoms with Gasteiger partial charge in [-0.15, -0.1) is 5.10 Å². The first-order valence-corrected chi connectivity index (χ1v) is 16.4. The summed E-state index contributed by atoms with van der Waals surface area (Å²) in [6.45, 7) is 2.54. The van der Waals surface area contributed by atoms with Gasteiger partial charge in [-0.3, -0.25) is 4.98 Å². The van der Waals surface area contributed by atoms with Gasteiger partial charge in [0.15, 0.2) is 17.0 Å². The highest BCUT2D eigenvalue weighted by Crippen LogP contribution is 2.47. The zero-order valence-corrected chi connectivity index (χ0v) is 22.8. The van der Waals surface area contributed by atoms with Crippen LogP contribution in [0.3, 0.4) is 0 Å². The van der Waals surface area contributed by atoms with Crippen LogP contribution in [-0.2, 0) is 6.42 Å². The lowest BCUT2D eigenvalue weighted by Gasteiger charge is -2.41. The van der Waals surface area contributed by atoms with Crippen LogP contribution in [0.5, 0.6) is 5.75 Å². The van der Waals surface area contributed by atoms with Crippen molar-refractivity contribution < 1.29 is 4.74 Å². The van der Waals surface area contributed by atoms with Gasteiger partial charge in [0.1, 0.15) is 17.2 Å². The highest BCUT2D eigenvalue weighted by atomic mass is 127. The molecule has 3 aromatic heterocycles. The van der Waals surface area contributed by atoms with Gasteiger partial charge >= 0.3 is 0 Å². The first-order valence-electron chi connectivity index (χ1n) is 12.3. The van der Waals surface area contributed by atoms with Crippen molar-refractivity contribution in [3.8, 4) is 5.75 Å². The number of aromatic nitrogens is 5. The molecule has 2 atom stereocenters. The molecule has 184 valence electrons. The summed E-state index contributed by atoms with van der Waals surface area (Å²) in [5, 5.41) is 4.95. The second-order valence-electron chi connectivity index (χ2n) is 9.61. The van der Waals surface area contributed by atoms with E-state index in [1.807, 2.05) is 41.1 Å². The van der Waals surface area contributed by atoms with Crippen LogP contribution in [0.1, 0.15) is 36.6 Å². The van der Waals surface area contributed by atoms with E-state index in [4.69, 9.17) is 25.5 Å². The predicted molar refractivity (Wildman–Crippen MR) is 151 cm³/mol. The Hall–Kier alpha value is -2.56. The fraction of sp³-hybridized carbons (Fsp3) is 0.360. The molecule has 36 heavy (non-hydrogen) atoms. The lowest BCUT2D eigenvalue weighted by Crippen LogP contribution is -2.51. The smallest absolute Gasteiger partial charge is 0.185 e. The maximum atomic E-state index is 6.67. The zero-order valence-electron chi connectivity index (χ0n) is 19.6. The Morgan fingerprint density at radius 2 is 1.94 bits per heavy atom. The Balaban J connectivity index is 1.17. The maximum Gasteiger partial charge on any atom is 0.185 e. The van der Waals surface area contributed by atoms with E-state index in [2.05, 4.69) is 49.0 Å². The first kappa shape index (κ1) is 22.6. The third-order valence-electron chi connectivity index (χ3n) is 7.70. The third-order valence-corrected chi connectivity index (χ3v) is 9.55. The van der Waals surface area contributed by atoms with E-state index in [0.29, 0.717) is 6.37 Å². The van der Waals surface area contributed by atoms with Crippen molar-refractivity contribution in [2.24, 2.45) is 5.73 Å². The van der Waals surface area contributed by atoms with Gasteiger partial charge in [-0.1, -0.05) is 18.2 Å². The number of rotatable bonds is 3. The van der Waals surface area contributed by atoms with E-state index < -0.39 is 0 Å². The number of para-hydroxylation sites is 1. The molecule has 1 spiro atoms. The quantitative estimate of drug-likeness (QED) is 0.267. The van der Waals surface area contributed by atoms with Crippen LogP contribution in [0.2, 0.25) is 0 Å². The van der Waals surface area contributed by atoms with Crippen molar-refractivity contribution >= 4 is 56.9 Å². The van der Waals surface area contributed by atoms with Crippen molar-refractivity contribution in [2.45, 2.75) is 37.3 Å². The summed E-state index contributed by atoms with van der Waals surface area (Å²) in [6, 6.07) is 12.2. The van der Waals surface area contributed by atoms with Crippen molar-refractivity contribution in [3.05, 3.63) is 60.0 Å². The van der Waals surface area contributed by atoms with Crippen molar-refractivity contribution in [1.29, 1.82) is 0 Å². The van der Waals surface area contributed by atoms with Gasteiger partial charge in [0.05, 0.1) is 30.0 Å². The number of nitrogens with zero attached hydrogens (tertiary/aromatic N) is 7. The van der Waals surface area contributed by atoms with Crippen molar-refractivity contribution in [3.63, 3.8) is 0 Å². The minimum Gasteiger partial charge on any atom is -0.485 e. The predicted octanol–water partition coefficient (Wildman–Crippen LogP) is 4.53. The molecule has 7 rings (SSSR count). The maximum absolute atomic E-state index is 6.67. The molecule has 1 aromatic carbocycles. The molecule has 6 heterocycles. The van der Waals surface area contributed by atoms with Crippen LogP contribution < -0.4 is 20.3 Å². The number of ether oxygens (including phenoxy) is 1. The number of nitrogens with two attached hydrogens (primary N) is 1. The van der Waals surface area contributed by atoms with Crippen molar-refractivity contribution in [2.75, 3.05) is 29.4 Å². The fourth-order valence-corrected chi connectivity index (χ4v) is 7.17. The molecule has 0 radical (unpaired) electrons. The summed E-state index contributed by atoms with van der Waals surface area (Å²) in [5.41, 5.74) is 11.3. The van der Waals surface area contributed by atoms with Gasteiger partial charge in [-0.25, -0.2) is 14.4 Å². The number of piperidine rings is 1. The van der Waals surface area contributed by atoms with Crippen LogP contribution in [-0.4, -0.2) is 49.7 Å². The van der Waals surface area contributed by atoms with E-state index >= 15 is 0 Å². The SMILES string of the molecule is NC1c2ccccc2OC12CCN(c1cnc3c(N4CCCc5ncccc54)nn(PI)c3n1)CC2. The number of aryl methyl sites for hydroxylation is 1. The van der Waals surface area contributed by atoms with E-state index in [-0.39, 0.29) is 11.6 Å². The molecule has 4 aromatic rings. The number of anilines is 3. The van der Waals surface area contributed by atoms with Gasteiger partial charge in [0.25, 0.3) is 0 Å². The Bertz CT molecular complexity index is 1450. The Kier molecular flexibility index (Phi) is 5.52. The van der Waals surface area contributed by atoms with Crippen molar-refractivity contribution in [1.82, 2.24) is 24.5 Å². The number of fused-ring (bicyclic) bond motifs is 3. The number of hydrogen-bond donors (Lipinski definition) is 1. The highest BCUT2D eigenvalue weighted by Gasteiger charge is 2.48. The average molecular weight is 612 g/mol. The van der Waals surface area contributed by atoms with Gasteiger partial charge in [-0.2, -0.15) is 0 Å². The summed E-state index contributed by atoms with van der Waals surface area (Å²) < 4.78 is 8.40. The number of benzene rings is 1. The Labute approximate surface area is 223 Å². The molecular formula is C25H26IN8OP. The first-order chi connectivity index (χ1) is 17.7. The fourth-order valence-electron chi connectivity index (χ4n) is 5.79. The Morgan fingerprint density at radius 3 is 2.78 bits per heavy atom. The lowest BCUT2D eigenvalue weighted by atomic mass is 9.83. The molecule has 0 saturated carbocycles. The number of pyridine rings is 1. The zero-order chi connectivity index (χ0) is 24.3. The standard InChI is InChI=1S/C25H26IN8OP/c26-36-34-23-21(24(31-34)33-12-4-6-17-18(33)7-3-11-28-17)29-15-20(30-23)32-13-9-25(10-14-32)22(27)16-5-1-2-8-19(16)35-25/h1-3,5,7-8,11,15,22,36H,4,6,9-10,12-14,27H2. The van der Waals surface area contributed by atoms with Crippen LogP contribution in [0.25, 0.3) is 11.2 Å². The van der Waals surface area contributed by atoms with E-state index in [0.717, 1.165) is 90.8 Å². The van der Waals surface area contributed by atoms with Crippen LogP contribution in [0.4, 0.5) is 17.3 Å². The molecule has 1 fully saturated rings. The average Bonchev–Trinajstić information content (AvgIpc) is 3.43. The summed E-state index contributed by atoms with van der Waals surface area (Å²) in [4.78, 5) is 19.1. The molecule has 2 unspecified atom stereocenters. The van der Waals surface area contributed by atoms with Gasteiger partial charge in [-0.05, 0) is 53.1 Å². The topological polar surface area (TPSA) is 98.2 Å². The second-order valence-corrected chi connectivity index (χ2v) is 11.7. The van der Waals surface area contributed by atoms with Gasteiger partial charge in [0.2, 0.25) is 0 Å². The summed E-state index contributed by atoms with van der Waals surface area (Å²) in [7, 11) is 0. The second kappa shape index (κ2) is 8.78. The van der Waals surface area contributed by atoms with E-state index in [1.54, 1.807) is 0 Å². The van der Waals surface area contributed by atoms with Gasteiger partial charge < -0.3 is 20.3 Å². The Morgan fingerprint density at radius 1 is 1.08 bits per heavy atom. The van der Waals surface area contributed by atoms with E-state index in [9.17, 15) is 0 Å². The molecule has 11 heteroatoms. The molecule has 3 aliphatic heterocycles. The van der Waals surface area contributed by atoms with Crippen LogP contribution in [0.15, 0.2) is 48.8 Å². The molecule has 0 amide bonds. The molecule has 1 saturated heterocycles. The third kappa shape index (κ3) is 3.48. The molecule has 0 aliphatic carbocycles. The van der Waals surface area contributed by atoms with Crippen LogP contribution in [0, 0.1) is 0 Å². The number of halogens is 1. The molecule has 0 bridgehead atoms. The minimum atomic E-state index is -0.341. The number of hydrogen-bond acceptors (Lipinski definition) is 8. The summed E-state index contributed by atoms with van der Waals surface area (Å²) in [6.07, 6.45) is 7.91. The van der Waals surface area contributed by atoms with Crippen LogP contribution >= 0.6 is 28.4 Å². The summed E-state index contributed by atoms with van der Waals surface area (Å²) in [5.74, 6) is 2.67. The minimum absolute atomic E-state index is 0.101. The van der Waals surface area contributed by atoms with E-state index in [1.165, 1.54) is 0 Å². The molecule has 9 nitrogen and oxygen atoms in total. The normalized spacial score (nSPS) is 20.8. The van der Waals surface area contributed by atoms with Gasteiger partial charge in [0, 0.05) is 44.2 Å². The lowest BCUT2D eigenvalue weighted by molar-refractivity contribution is 0.0431.